The van der Waals surface area contributed by atoms with Gasteiger partial charge in [0.25, 0.3) is 11.6 Å². The summed E-state index contributed by atoms with van der Waals surface area (Å²) in [7, 11) is 0. The predicted molar refractivity (Wildman–Crippen MR) is 58.8 cm³/mol. The second-order valence-corrected chi connectivity index (χ2v) is 3.64. The lowest BCUT2D eigenvalue weighted by Crippen LogP contribution is -2.22. The lowest BCUT2D eigenvalue weighted by molar-refractivity contribution is -0.385. The number of amides is 1. The van der Waals surface area contributed by atoms with E-state index in [9.17, 15) is 14.9 Å². The van der Waals surface area contributed by atoms with E-state index in [0.717, 1.165) is 0 Å². The number of nitro benzene ring substituents is 1. The number of benzene rings is 1. The van der Waals surface area contributed by atoms with Crippen LogP contribution in [-0.2, 0) is 0 Å². The van der Waals surface area contributed by atoms with Crippen LogP contribution in [0.1, 0.15) is 17.3 Å². The zero-order valence-corrected chi connectivity index (χ0v) is 9.58. The second kappa shape index (κ2) is 4.88. The molecule has 0 fully saturated rings. The fourth-order valence-electron chi connectivity index (χ4n) is 1.06. The third-order valence-electron chi connectivity index (χ3n) is 1.74. The fraction of sp³-hybridized carbons (Fsp3) is 0.222. The fourth-order valence-corrected chi connectivity index (χ4v) is 1.45. The summed E-state index contributed by atoms with van der Waals surface area (Å²) in [5.41, 5.74) is 0.172. The van der Waals surface area contributed by atoms with E-state index in [1.54, 1.807) is 6.92 Å². The van der Waals surface area contributed by atoms with E-state index in [0.29, 0.717) is 11.0 Å². The number of hydrogen-bond acceptors (Lipinski definition) is 3. The van der Waals surface area contributed by atoms with E-state index in [-0.39, 0.29) is 17.2 Å². The third-order valence-corrected chi connectivity index (χ3v) is 2.41. The Morgan fingerprint density at radius 2 is 2.27 bits per heavy atom. The summed E-state index contributed by atoms with van der Waals surface area (Å²) >= 11 is 3.05. The van der Waals surface area contributed by atoms with E-state index in [2.05, 4.69) is 21.2 Å². The summed E-state index contributed by atoms with van der Waals surface area (Å²) in [6.45, 7) is 2.27. The van der Waals surface area contributed by atoms with Crippen LogP contribution < -0.4 is 5.32 Å². The Bertz CT molecular complexity index is 406. The summed E-state index contributed by atoms with van der Waals surface area (Å²) in [4.78, 5) is 21.4. The van der Waals surface area contributed by atoms with E-state index in [1.807, 2.05) is 0 Å². The maximum atomic E-state index is 11.4. The van der Waals surface area contributed by atoms with Gasteiger partial charge < -0.3 is 5.32 Å². The van der Waals surface area contributed by atoms with E-state index in [1.165, 1.54) is 18.2 Å². The summed E-state index contributed by atoms with van der Waals surface area (Å²) in [6, 6.07) is 4.26. The van der Waals surface area contributed by atoms with Crippen molar-refractivity contribution in [3.05, 3.63) is 38.3 Å². The number of nitro groups is 1. The Balaban J connectivity index is 3.07. The molecule has 0 aliphatic carbocycles. The lowest BCUT2D eigenvalue weighted by Gasteiger charge is -2.02. The minimum absolute atomic E-state index is 0.112. The topological polar surface area (TPSA) is 72.2 Å². The highest BCUT2D eigenvalue weighted by atomic mass is 79.9. The molecule has 0 aliphatic heterocycles. The van der Waals surface area contributed by atoms with Gasteiger partial charge in [-0.25, -0.2) is 0 Å². The van der Waals surface area contributed by atoms with E-state index >= 15 is 0 Å². The first kappa shape index (κ1) is 11.6. The molecule has 0 saturated carbocycles. The molecule has 6 heteroatoms. The lowest BCUT2D eigenvalue weighted by atomic mass is 10.2. The largest absolute Gasteiger partial charge is 0.352 e. The number of hydrogen-bond donors (Lipinski definition) is 1. The van der Waals surface area contributed by atoms with Crippen LogP contribution in [0, 0.1) is 10.1 Å². The van der Waals surface area contributed by atoms with Gasteiger partial charge in [0.2, 0.25) is 0 Å². The highest BCUT2D eigenvalue weighted by Gasteiger charge is 2.15. The number of rotatable bonds is 3. The Morgan fingerprint density at radius 1 is 1.60 bits per heavy atom. The van der Waals surface area contributed by atoms with Crippen molar-refractivity contribution in [2.45, 2.75) is 6.92 Å². The molecule has 0 radical (unpaired) electrons. The Morgan fingerprint density at radius 3 is 2.80 bits per heavy atom. The van der Waals surface area contributed by atoms with Gasteiger partial charge in [0, 0.05) is 18.2 Å². The van der Waals surface area contributed by atoms with Gasteiger partial charge >= 0.3 is 0 Å². The SMILES string of the molecule is CCNC(=O)c1ccc(Br)c([N+](=O)[O-])c1. The smallest absolute Gasteiger partial charge is 0.284 e. The first-order valence-corrected chi connectivity index (χ1v) is 5.07. The second-order valence-electron chi connectivity index (χ2n) is 2.78. The maximum absolute atomic E-state index is 11.4. The van der Waals surface area contributed by atoms with Gasteiger partial charge in [-0.2, -0.15) is 0 Å². The molecule has 1 amide bonds. The summed E-state index contributed by atoms with van der Waals surface area (Å²) in [5, 5.41) is 13.2. The van der Waals surface area contributed by atoms with Crippen LogP contribution in [0.25, 0.3) is 0 Å². The molecule has 5 nitrogen and oxygen atoms in total. The number of nitrogens with zero attached hydrogens (tertiary/aromatic N) is 1. The van der Waals surface area contributed by atoms with Crippen LogP contribution in [0.15, 0.2) is 22.7 Å². The average Bonchev–Trinajstić information content (AvgIpc) is 2.18. The van der Waals surface area contributed by atoms with Gasteiger partial charge in [-0.05, 0) is 35.0 Å². The van der Waals surface area contributed by atoms with Crippen molar-refractivity contribution in [3.8, 4) is 0 Å². The summed E-state index contributed by atoms with van der Waals surface area (Å²) in [5.74, 6) is -0.312. The third kappa shape index (κ3) is 2.76. The molecule has 0 unspecified atom stereocenters. The van der Waals surface area contributed by atoms with Crippen molar-refractivity contribution >= 4 is 27.5 Å². The Labute approximate surface area is 94.8 Å². The quantitative estimate of drug-likeness (QED) is 0.677. The average molecular weight is 273 g/mol. The molecule has 1 aromatic rings. The number of carbonyl (C=O) groups is 1. The van der Waals surface area contributed by atoms with Gasteiger partial charge in [-0.3, -0.25) is 14.9 Å². The Hall–Kier alpha value is -1.43. The van der Waals surface area contributed by atoms with Crippen molar-refractivity contribution < 1.29 is 9.72 Å². The van der Waals surface area contributed by atoms with Gasteiger partial charge in [-0.15, -0.1) is 0 Å². The highest BCUT2D eigenvalue weighted by Crippen LogP contribution is 2.25. The number of carbonyl (C=O) groups excluding carboxylic acids is 1. The van der Waals surface area contributed by atoms with Crippen LogP contribution in [-0.4, -0.2) is 17.4 Å². The number of nitrogens with one attached hydrogen (secondary N) is 1. The molecule has 0 aliphatic rings. The van der Waals surface area contributed by atoms with Crippen LogP contribution in [0.5, 0.6) is 0 Å². The van der Waals surface area contributed by atoms with E-state index < -0.39 is 4.92 Å². The van der Waals surface area contributed by atoms with Gasteiger partial charge in [0.05, 0.1) is 9.40 Å². The molecule has 1 N–H and O–H groups in total. The molecular formula is C9H9BrN2O3. The molecular weight excluding hydrogens is 264 g/mol. The van der Waals surface area contributed by atoms with Crippen LogP contribution >= 0.6 is 15.9 Å². The predicted octanol–water partition coefficient (Wildman–Crippen LogP) is 2.11. The monoisotopic (exact) mass is 272 g/mol. The molecule has 15 heavy (non-hydrogen) atoms. The van der Waals surface area contributed by atoms with Gasteiger partial charge in [0.1, 0.15) is 0 Å². The summed E-state index contributed by atoms with van der Waals surface area (Å²) < 4.78 is 0.362. The normalized spacial score (nSPS) is 9.73. The van der Waals surface area contributed by atoms with Crippen molar-refractivity contribution in [2.75, 3.05) is 6.54 Å². The van der Waals surface area contributed by atoms with Crippen molar-refractivity contribution in [2.24, 2.45) is 0 Å². The molecule has 80 valence electrons. The molecule has 0 aromatic heterocycles. The zero-order chi connectivity index (χ0) is 11.4. The van der Waals surface area contributed by atoms with Gasteiger partial charge in [0.15, 0.2) is 0 Å². The van der Waals surface area contributed by atoms with Crippen molar-refractivity contribution in [1.82, 2.24) is 5.32 Å². The first-order valence-electron chi connectivity index (χ1n) is 4.28. The maximum Gasteiger partial charge on any atom is 0.284 e. The molecule has 0 spiro atoms. The highest BCUT2D eigenvalue weighted by molar-refractivity contribution is 9.10. The molecule has 1 aromatic carbocycles. The minimum atomic E-state index is -0.535. The van der Waals surface area contributed by atoms with Crippen LogP contribution in [0.2, 0.25) is 0 Å². The van der Waals surface area contributed by atoms with Crippen LogP contribution in [0.4, 0.5) is 5.69 Å². The van der Waals surface area contributed by atoms with Crippen LogP contribution in [0.3, 0.4) is 0 Å². The molecule has 0 atom stereocenters. The van der Waals surface area contributed by atoms with E-state index in [4.69, 9.17) is 0 Å². The standard InChI is InChI=1S/C9H9BrN2O3/c1-2-11-9(13)6-3-4-7(10)8(5-6)12(14)15/h3-5H,2H2,1H3,(H,11,13). The molecule has 0 heterocycles. The molecule has 0 bridgehead atoms. The first-order chi connectivity index (χ1) is 7.06. The Kier molecular flexibility index (Phi) is 3.79. The van der Waals surface area contributed by atoms with Crippen molar-refractivity contribution in [1.29, 1.82) is 0 Å². The molecule has 0 saturated heterocycles. The minimum Gasteiger partial charge on any atom is -0.352 e. The summed E-state index contributed by atoms with van der Waals surface area (Å²) in [6.07, 6.45) is 0. The number of halogens is 1. The van der Waals surface area contributed by atoms with Gasteiger partial charge in [-0.1, -0.05) is 0 Å². The molecule has 1 rings (SSSR count). The zero-order valence-electron chi connectivity index (χ0n) is 7.99. The van der Waals surface area contributed by atoms with Crippen molar-refractivity contribution in [3.63, 3.8) is 0 Å².